The molecule has 1 aliphatic heterocycles. The van der Waals surface area contributed by atoms with Gasteiger partial charge in [0.2, 0.25) is 0 Å². The molecule has 1 fully saturated rings. The van der Waals surface area contributed by atoms with Crippen molar-refractivity contribution in [3.8, 4) is 11.4 Å². The zero-order chi connectivity index (χ0) is 23.3. The SMILES string of the molecule is Cc1cn(-c2ccc3n(c2=O)CCN(C2CCC2Oc2cccc(F)c2C(C)C)C3=O)cn1. The second-order valence-corrected chi connectivity index (χ2v) is 9.09. The number of rotatable bonds is 5. The number of amides is 1. The van der Waals surface area contributed by atoms with E-state index in [-0.39, 0.29) is 35.3 Å². The summed E-state index contributed by atoms with van der Waals surface area (Å²) >= 11 is 0. The monoisotopic (exact) mass is 450 g/mol. The number of ether oxygens (including phenoxy) is 1. The van der Waals surface area contributed by atoms with E-state index in [9.17, 15) is 14.0 Å². The number of hydrogen-bond donors (Lipinski definition) is 0. The summed E-state index contributed by atoms with van der Waals surface area (Å²) in [5.41, 5.74) is 2.02. The summed E-state index contributed by atoms with van der Waals surface area (Å²) in [6.45, 7) is 6.58. The average Bonchev–Trinajstić information content (AvgIpc) is 3.19. The largest absolute Gasteiger partial charge is 0.488 e. The van der Waals surface area contributed by atoms with E-state index >= 15 is 0 Å². The molecule has 7 nitrogen and oxygen atoms in total. The van der Waals surface area contributed by atoms with Gasteiger partial charge >= 0.3 is 0 Å². The third-order valence-corrected chi connectivity index (χ3v) is 6.63. The first-order valence-corrected chi connectivity index (χ1v) is 11.4. The molecule has 2 unspecified atom stereocenters. The van der Waals surface area contributed by atoms with Crippen molar-refractivity contribution in [1.29, 1.82) is 0 Å². The highest BCUT2D eigenvalue weighted by Crippen LogP contribution is 2.36. The topological polar surface area (TPSA) is 69.4 Å². The second-order valence-electron chi connectivity index (χ2n) is 9.09. The van der Waals surface area contributed by atoms with Crippen LogP contribution in [0.1, 0.15) is 54.4 Å². The molecule has 3 aromatic rings. The molecule has 2 atom stereocenters. The van der Waals surface area contributed by atoms with Crippen LogP contribution in [0.15, 0.2) is 47.7 Å². The van der Waals surface area contributed by atoms with Crippen LogP contribution in [0.25, 0.3) is 5.69 Å². The van der Waals surface area contributed by atoms with E-state index in [0.717, 1.165) is 18.5 Å². The molecular weight excluding hydrogens is 423 g/mol. The number of aryl methyl sites for hydroxylation is 1. The highest BCUT2D eigenvalue weighted by atomic mass is 19.1. The van der Waals surface area contributed by atoms with Crippen LogP contribution in [0.5, 0.6) is 5.75 Å². The van der Waals surface area contributed by atoms with Crippen LogP contribution >= 0.6 is 0 Å². The minimum atomic E-state index is -0.274. The number of imidazole rings is 1. The highest BCUT2D eigenvalue weighted by Gasteiger charge is 2.42. The number of fused-ring (bicyclic) bond motifs is 1. The normalized spacial score (nSPS) is 20.0. The number of nitrogens with zero attached hydrogens (tertiary/aromatic N) is 4. The second kappa shape index (κ2) is 8.17. The summed E-state index contributed by atoms with van der Waals surface area (Å²) in [7, 11) is 0. The van der Waals surface area contributed by atoms with Crippen LogP contribution in [-0.4, -0.2) is 43.6 Å². The van der Waals surface area contributed by atoms with Gasteiger partial charge in [-0.1, -0.05) is 19.9 Å². The van der Waals surface area contributed by atoms with Gasteiger partial charge in [-0.2, -0.15) is 0 Å². The van der Waals surface area contributed by atoms with Crippen LogP contribution in [-0.2, 0) is 6.54 Å². The predicted octanol–water partition coefficient (Wildman–Crippen LogP) is 3.67. The number of pyridine rings is 1. The molecule has 5 rings (SSSR count). The van der Waals surface area contributed by atoms with Gasteiger partial charge in [0, 0.05) is 24.8 Å². The Balaban J connectivity index is 1.38. The van der Waals surface area contributed by atoms with Gasteiger partial charge in [-0.15, -0.1) is 0 Å². The summed E-state index contributed by atoms with van der Waals surface area (Å²) in [5, 5.41) is 0. The molecule has 1 aromatic carbocycles. The molecular formula is C25H27FN4O3. The molecule has 0 N–H and O–H groups in total. The number of hydrogen-bond acceptors (Lipinski definition) is 4. The maximum Gasteiger partial charge on any atom is 0.275 e. The van der Waals surface area contributed by atoms with Gasteiger partial charge in [0.1, 0.15) is 29.1 Å². The van der Waals surface area contributed by atoms with Crippen molar-refractivity contribution >= 4 is 5.91 Å². The predicted molar refractivity (Wildman–Crippen MR) is 122 cm³/mol. The van der Waals surface area contributed by atoms with Crippen LogP contribution in [0.2, 0.25) is 0 Å². The van der Waals surface area contributed by atoms with Crippen molar-refractivity contribution < 1.29 is 13.9 Å². The number of halogens is 1. The van der Waals surface area contributed by atoms with Crippen molar-refractivity contribution in [1.82, 2.24) is 19.0 Å². The first kappa shape index (κ1) is 21.4. The molecule has 3 heterocycles. The van der Waals surface area contributed by atoms with E-state index in [0.29, 0.717) is 35.8 Å². The van der Waals surface area contributed by atoms with Gasteiger partial charge < -0.3 is 18.8 Å². The summed E-state index contributed by atoms with van der Waals surface area (Å²) in [4.78, 5) is 32.4. The Morgan fingerprint density at radius 2 is 1.94 bits per heavy atom. The molecule has 8 heteroatoms. The quantitative estimate of drug-likeness (QED) is 0.595. The van der Waals surface area contributed by atoms with Crippen molar-refractivity contribution in [3.05, 3.63) is 76.0 Å². The fourth-order valence-corrected chi connectivity index (χ4v) is 4.79. The van der Waals surface area contributed by atoms with Gasteiger partial charge in [-0.05, 0) is 49.9 Å². The molecule has 172 valence electrons. The van der Waals surface area contributed by atoms with Crippen molar-refractivity contribution in [3.63, 3.8) is 0 Å². The molecule has 2 aromatic heterocycles. The lowest BCUT2D eigenvalue weighted by Gasteiger charge is -2.45. The maximum absolute atomic E-state index is 14.4. The van der Waals surface area contributed by atoms with Crippen molar-refractivity contribution in [2.45, 2.75) is 58.2 Å². The van der Waals surface area contributed by atoms with Gasteiger partial charge in [0.05, 0.1) is 18.1 Å². The molecule has 0 bridgehead atoms. The maximum atomic E-state index is 14.4. The average molecular weight is 451 g/mol. The zero-order valence-electron chi connectivity index (χ0n) is 19.0. The Morgan fingerprint density at radius 3 is 2.61 bits per heavy atom. The number of carbonyl (C=O) groups excluding carboxylic acids is 1. The molecule has 1 aliphatic carbocycles. The Bertz CT molecular complexity index is 1280. The third-order valence-electron chi connectivity index (χ3n) is 6.63. The van der Waals surface area contributed by atoms with Crippen LogP contribution in [0.3, 0.4) is 0 Å². The summed E-state index contributed by atoms with van der Waals surface area (Å²) in [6, 6.07) is 8.17. The molecule has 2 aliphatic rings. The fourth-order valence-electron chi connectivity index (χ4n) is 4.79. The Kier molecular flexibility index (Phi) is 5.31. The van der Waals surface area contributed by atoms with Gasteiger partial charge in [-0.25, -0.2) is 9.37 Å². The lowest BCUT2D eigenvalue weighted by molar-refractivity contribution is -0.00606. The van der Waals surface area contributed by atoms with Gasteiger partial charge in [-0.3, -0.25) is 9.59 Å². The van der Waals surface area contributed by atoms with Crippen molar-refractivity contribution in [2.75, 3.05) is 6.54 Å². The van der Waals surface area contributed by atoms with E-state index in [1.54, 1.807) is 50.8 Å². The summed E-state index contributed by atoms with van der Waals surface area (Å²) < 4.78 is 23.8. The number of aromatic nitrogens is 3. The Hall–Kier alpha value is -3.42. The minimum absolute atomic E-state index is 0.0106. The lowest BCUT2D eigenvalue weighted by atomic mass is 9.86. The standard InChI is InChI=1S/C25H27FN4O3/c1-15(2)23-17(26)5-4-6-22(23)33-21-10-9-18(21)29-11-12-30-20(25(29)32)8-7-19(24(30)31)28-13-16(3)27-14-28/h4-8,13-15,18,21H,9-12H2,1-3H3. The number of benzene rings is 1. The Morgan fingerprint density at radius 1 is 1.12 bits per heavy atom. The molecule has 1 saturated carbocycles. The minimum Gasteiger partial charge on any atom is -0.488 e. The van der Waals surface area contributed by atoms with E-state index in [1.807, 2.05) is 20.8 Å². The summed E-state index contributed by atoms with van der Waals surface area (Å²) in [6.07, 6.45) is 4.81. The van der Waals surface area contributed by atoms with Crippen LogP contribution < -0.4 is 10.3 Å². The molecule has 0 radical (unpaired) electrons. The first-order valence-electron chi connectivity index (χ1n) is 11.4. The molecule has 33 heavy (non-hydrogen) atoms. The van der Waals surface area contributed by atoms with Crippen LogP contribution in [0.4, 0.5) is 4.39 Å². The molecule has 0 saturated heterocycles. The lowest BCUT2D eigenvalue weighted by Crippen LogP contribution is -2.58. The van der Waals surface area contributed by atoms with E-state index < -0.39 is 0 Å². The van der Waals surface area contributed by atoms with E-state index in [2.05, 4.69) is 4.98 Å². The fraction of sp³-hybridized carbons (Fsp3) is 0.400. The smallest absolute Gasteiger partial charge is 0.275 e. The molecule has 0 spiro atoms. The van der Waals surface area contributed by atoms with Crippen LogP contribution in [0, 0.1) is 12.7 Å². The van der Waals surface area contributed by atoms with E-state index in [1.165, 1.54) is 6.07 Å². The van der Waals surface area contributed by atoms with E-state index in [4.69, 9.17) is 4.74 Å². The summed E-state index contributed by atoms with van der Waals surface area (Å²) in [5.74, 6) is 0.0857. The van der Waals surface area contributed by atoms with Crippen molar-refractivity contribution in [2.24, 2.45) is 0 Å². The van der Waals surface area contributed by atoms with Gasteiger partial charge in [0.15, 0.2) is 0 Å². The third kappa shape index (κ3) is 3.63. The Labute approximate surface area is 191 Å². The first-order chi connectivity index (χ1) is 15.8. The molecule has 1 amide bonds. The number of carbonyl (C=O) groups is 1. The zero-order valence-corrected chi connectivity index (χ0v) is 19.0. The highest BCUT2D eigenvalue weighted by molar-refractivity contribution is 5.93. The van der Waals surface area contributed by atoms with Gasteiger partial charge in [0.25, 0.3) is 11.5 Å².